The van der Waals surface area contributed by atoms with Gasteiger partial charge in [0.2, 0.25) is 0 Å². The van der Waals surface area contributed by atoms with Crippen LogP contribution in [0.25, 0.3) is 0 Å². The third-order valence-corrected chi connectivity index (χ3v) is 8.10. The van der Waals surface area contributed by atoms with Crippen LogP contribution in [0.1, 0.15) is 65.4 Å². The Morgan fingerprint density at radius 3 is 2.60 bits per heavy atom. The van der Waals surface area contributed by atoms with E-state index in [0.29, 0.717) is 24.0 Å². The van der Waals surface area contributed by atoms with Gasteiger partial charge in [0.1, 0.15) is 0 Å². The SMILES string of the molecule is CCCCNC[C@H]1[C@H]2C(C)=C[C@@]3(C)[C@@H]1N(Cc1ccccc1)CC[C@H]3N2CCCC. The van der Waals surface area contributed by atoms with Crippen molar-refractivity contribution < 1.29 is 0 Å². The minimum atomic E-state index is 0.261. The van der Waals surface area contributed by atoms with Crippen molar-refractivity contribution in [3.8, 4) is 0 Å². The van der Waals surface area contributed by atoms with Gasteiger partial charge in [-0.25, -0.2) is 0 Å². The van der Waals surface area contributed by atoms with Gasteiger partial charge in [-0.2, -0.15) is 0 Å². The zero-order chi connectivity index (χ0) is 21.1. The zero-order valence-electron chi connectivity index (χ0n) is 19.7. The van der Waals surface area contributed by atoms with Gasteiger partial charge in [-0.3, -0.25) is 9.80 Å². The molecule has 2 fully saturated rings. The van der Waals surface area contributed by atoms with E-state index in [4.69, 9.17) is 0 Å². The van der Waals surface area contributed by atoms with E-state index in [1.807, 2.05) is 0 Å². The summed E-state index contributed by atoms with van der Waals surface area (Å²) >= 11 is 0. The number of rotatable bonds is 10. The summed E-state index contributed by atoms with van der Waals surface area (Å²) in [4.78, 5) is 5.77. The van der Waals surface area contributed by atoms with E-state index >= 15 is 0 Å². The molecule has 5 rings (SSSR count). The van der Waals surface area contributed by atoms with Gasteiger partial charge in [-0.1, -0.05) is 75.6 Å². The summed E-state index contributed by atoms with van der Waals surface area (Å²) in [5.74, 6) is 0.675. The maximum atomic E-state index is 3.86. The maximum absolute atomic E-state index is 3.86. The van der Waals surface area contributed by atoms with Gasteiger partial charge in [0.15, 0.2) is 0 Å². The largest absolute Gasteiger partial charge is 0.316 e. The van der Waals surface area contributed by atoms with Crippen LogP contribution in [0.15, 0.2) is 42.0 Å². The second kappa shape index (κ2) is 9.54. The van der Waals surface area contributed by atoms with Crippen LogP contribution >= 0.6 is 0 Å². The minimum absolute atomic E-state index is 0.261. The van der Waals surface area contributed by atoms with Crippen molar-refractivity contribution in [3.63, 3.8) is 0 Å². The number of piperidine rings is 2. The van der Waals surface area contributed by atoms with Crippen molar-refractivity contribution >= 4 is 0 Å². The molecule has 0 radical (unpaired) electrons. The fourth-order valence-corrected chi connectivity index (χ4v) is 6.98. The number of hydrogen-bond donors (Lipinski definition) is 1. The van der Waals surface area contributed by atoms with Crippen LogP contribution in [0.5, 0.6) is 0 Å². The summed E-state index contributed by atoms with van der Waals surface area (Å²) in [7, 11) is 0. The van der Waals surface area contributed by atoms with Crippen molar-refractivity contribution in [2.45, 2.75) is 84.5 Å². The third kappa shape index (κ3) is 4.01. The molecule has 166 valence electrons. The van der Waals surface area contributed by atoms with E-state index < -0.39 is 0 Å². The Labute approximate surface area is 184 Å². The first-order valence-electron chi connectivity index (χ1n) is 12.5. The quantitative estimate of drug-likeness (QED) is 0.429. The maximum Gasteiger partial charge on any atom is 0.0364 e. The predicted molar refractivity (Wildman–Crippen MR) is 128 cm³/mol. The molecule has 30 heavy (non-hydrogen) atoms. The van der Waals surface area contributed by atoms with Crippen molar-refractivity contribution in [1.82, 2.24) is 15.1 Å². The Morgan fingerprint density at radius 1 is 1.10 bits per heavy atom. The topological polar surface area (TPSA) is 18.5 Å². The molecule has 0 amide bonds. The molecule has 5 atom stereocenters. The number of nitrogens with zero attached hydrogens (tertiary/aromatic N) is 2. The number of benzene rings is 1. The van der Waals surface area contributed by atoms with E-state index in [0.717, 1.165) is 19.6 Å². The first-order chi connectivity index (χ1) is 14.6. The fourth-order valence-electron chi connectivity index (χ4n) is 6.98. The molecule has 2 saturated heterocycles. The second-order valence-corrected chi connectivity index (χ2v) is 10.2. The van der Waals surface area contributed by atoms with Gasteiger partial charge >= 0.3 is 0 Å². The van der Waals surface area contributed by atoms with Crippen molar-refractivity contribution in [2.75, 3.05) is 26.2 Å². The van der Waals surface area contributed by atoms with Gasteiger partial charge in [-0.05, 0) is 44.8 Å². The average Bonchev–Trinajstić information content (AvgIpc) is 2.73. The minimum Gasteiger partial charge on any atom is -0.316 e. The summed E-state index contributed by atoms with van der Waals surface area (Å²) in [6.07, 6.45) is 9.16. The average molecular weight is 410 g/mol. The molecule has 0 aromatic heterocycles. The molecule has 1 aliphatic carbocycles. The lowest BCUT2D eigenvalue weighted by atomic mass is 9.55. The lowest BCUT2D eigenvalue weighted by Crippen LogP contribution is -2.76. The van der Waals surface area contributed by atoms with E-state index in [-0.39, 0.29) is 5.41 Å². The lowest BCUT2D eigenvalue weighted by molar-refractivity contribution is -0.137. The number of likely N-dealkylation sites (tertiary alicyclic amines) is 1. The monoisotopic (exact) mass is 409 g/mol. The van der Waals surface area contributed by atoms with Crippen molar-refractivity contribution in [3.05, 3.63) is 47.5 Å². The Bertz CT molecular complexity index is 714. The van der Waals surface area contributed by atoms with E-state index in [1.54, 1.807) is 5.57 Å². The van der Waals surface area contributed by atoms with Crippen LogP contribution in [0.3, 0.4) is 0 Å². The third-order valence-electron chi connectivity index (χ3n) is 8.10. The Morgan fingerprint density at radius 2 is 1.87 bits per heavy atom. The molecule has 3 aliphatic heterocycles. The molecule has 4 aliphatic rings. The molecule has 3 heteroatoms. The molecular formula is C27H43N3. The molecule has 3 nitrogen and oxygen atoms in total. The highest BCUT2D eigenvalue weighted by Crippen LogP contribution is 2.55. The Hall–Kier alpha value is -1.16. The highest BCUT2D eigenvalue weighted by atomic mass is 15.3. The highest BCUT2D eigenvalue weighted by Gasteiger charge is 2.61. The normalized spacial score (nSPS) is 33.7. The van der Waals surface area contributed by atoms with Crippen LogP contribution in [0.4, 0.5) is 0 Å². The molecule has 0 saturated carbocycles. The summed E-state index contributed by atoms with van der Waals surface area (Å²) in [6, 6.07) is 13.1. The Balaban J connectivity index is 1.63. The smallest absolute Gasteiger partial charge is 0.0364 e. The van der Waals surface area contributed by atoms with Crippen LogP contribution in [0.2, 0.25) is 0 Å². The lowest BCUT2D eigenvalue weighted by Gasteiger charge is -2.68. The van der Waals surface area contributed by atoms with Crippen LogP contribution in [-0.4, -0.2) is 54.1 Å². The zero-order valence-corrected chi connectivity index (χ0v) is 19.7. The predicted octanol–water partition coefficient (Wildman–Crippen LogP) is 5.09. The second-order valence-electron chi connectivity index (χ2n) is 10.2. The molecule has 1 aromatic rings. The molecular weight excluding hydrogens is 366 g/mol. The summed E-state index contributed by atoms with van der Waals surface area (Å²) < 4.78 is 0. The first-order valence-corrected chi connectivity index (χ1v) is 12.5. The molecule has 3 heterocycles. The summed E-state index contributed by atoms with van der Waals surface area (Å²) in [5, 5.41) is 3.86. The van der Waals surface area contributed by atoms with Gasteiger partial charge in [-0.15, -0.1) is 0 Å². The van der Waals surface area contributed by atoms with Gasteiger partial charge in [0.05, 0.1) is 0 Å². The number of nitrogens with one attached hydrogen (secondary N) is 1. The van der Waals surface area contributed by atoms with E-state index in [9.17, 15) is 0 Å². The van der Waals surface area contributed by atoms with Gasteiger partial charge in [0.25, 0.3) is 0 Å². The molecule has 0 unspecified atom stereocenters. The molecule has 4 bridgehead atoms. The van der Waals surface area contributed by atoms with Crippen molar-refractivity contribution in [1.29, 1.82) is 0 Å². The summed E-state index contributed by atoms with van der Waals surface area (Å²) in [5.41, 5.74) is 3.35. The van der Waals surface area contributed by atoms with Crippen molar-refractivity contribution in [2.24, 2.45) is 11.3 Å². The Kier molecular flexibility index (Phi) is 7.01. The standard InChI is InChI=1S/C27H43N3/c1-5-7-15-28-19-23-25-21(3)18-27(4)24(30(25)16-8-6-2)14-17-29(26(23)27)20-22-12-10-9-11-13-22/h9-13,18,23-26,28H,5-8,14-17,19-20H2,1-4H3/t23-,24+,25+,26+,27+/m0/s1. The van der Waals surface area contributed by atoms with Gasteiger partial charge < -0.3 is 5.32 Å². The number of unbranched alkanes of at least 4 members (excludes halogenated alkanes) is 2. The van der Waals surface area contributed by atoms with Gasteiger partial charge in [0, 0.05) is 49.1 Å². The number of hydrogen-bond acceptors (Lipinski definition) is 3. The molecule has 1 N–H and O–H groups in total. The fraction of sp³-hybridized carbons (Fsp3) is 0.704. The van der Waals surface area contributed by atoms with E-state index in [2.05, 4.69) is 79.2 Å². The van der Waals surface area contributed by atoms with E-state index in [1.165, 1.54) is 50.8 Å². The molecule has 0 spiro atoms. The summed E-state index contributed by atoms with van der Waals surface area (Å²) in [6.45, 7) is 15.5. The van der Waals surface area contributed by atoms with Crippen LogP contribution in [-0.2, 0) is 6.54 Å². The van der Waals surface area contributed by atoms with Crippen LogP contribution < -0.4 is 5.32 Å². The first kappa shape index (κ1) is 22.0. The highest BCUT2D eigenvalue weighted by molar-refractivity contribution is 5.33. The van der Waals surface area contributed by atoms with Crippen LogP contribution in [0, 0.1) is 11.3 Å². The molecule has 1 aromatic carbocycles.